The first-order valence-electron chi connectivity index (χ1n) is 8.44. The largest absolute Gasteiger partial charge is 0.322 e. The van der Waals surface area contributed by atoms with Gasteiger partial charge in [-0.3, -0.25) is 4.79 Å². The summed E-state index contributed by atoms with van der Waals surface area (Å²) >= 11 is 18.3. The van der Waals surface area contributed by atoms with Crippen LogP contribution in [0.5, 0.6) is 0 Å². The van der Waals surface area contributed by atoms with E-state index in [1.54, 1.807) is 30.3 Å². The Morgan fingerprint density at radius 3 is 2.32 bits per heavy atom. The fourth-order valence-corrected chi connectivity index (χ4v) is 3.47. The molecule has 0 aliphatic carbocycles. The van der Waals surface area contributed by atoms with Crippen molar-refractivity contribution in [2.75, 3.05) is 5.32 Å². The summed E-state index contributed by atoms with van der Waals surface area (Å²) in [6.45, 7) is 0. The Morgan fingerprint density at radius 1 is 0.786 bits per heavy atom. The molecule has 4 aromatic rings. The lowest BCUT2D eigenvalue weighted by atomic mass is 10.0. The summed E-state index contributed by atoms with van der Waals surface area (Å²) in [6, 6.07) is 21.6. The van der Waals surface area contributed by atoms with Crippen LogP contribution in [0, 0.1) is 0 Å². The maximum absolute atomic E-state index is 13.0. The topological polar surface area (TPSA) is 42.0 Å². The normalized spacial score (nSPS) is 10.8. The molecule has 0 aliphatic heterocycles. The number of amides is 1. The zero-order valence-electron chi connectivity index (χ0n) is 14.4. The Kier molecular flexibility index (Phi) is 5.23. The average molecular weight is 428 g/mol. The third-order valence-electron chi connectivity index (χ3n) is 4.29. The van der Waals surface area contributed by atoms with Crippen molar-refractivity contribution in [2.24, 2.45) is 0 Å². The molecule has 3 aromatic carbocycles. The number of pyridine rings is 1. The van der Waals surface area contributed by atoms with Gasteiger partial charge in [-0.05, 0) is 36.4 Å². The molecule has 0 fully saturated rings. The van der Waals surface area contributed by atoms with Crippen LogP contribution in [0.25, 0.3) is 22.2 Å². The molecule has 0 aliphatic rings. The molecule has 0 saturated heterocycles. The van der Waals surface area contributed by atoms with Crippen molar-refractivity contribution < 1.29 is 4.79 Å². The monoisotopic (exact) mass is 426 g/mol. The van der Waals surface area contributed by atoms with Crippen molar-refractivity contribution in [1.29, 1.82) is 0 Å². The van der Waals surface area contributed by atoms with Crippen LogP contribution >= 0.6 is 34.8 Å². The summed E-state index contributed by atoms with van der Waals surface area (Å²) in [4.78, 5) is 17.7. The Labute approximate surface area is 176 Å². The van der Waals surface area contributed by atoms with Gasteiger partial charge in [0.1, 0.15) is 0 Å². The second-order valence-electron chi connectivity index (χ2n) is 6.14. The number of carbonyl (C=O) groups excluding carboxylic acids is 1. The molecule has 1 N–H and O–H groups in total. The maximum atomic E-state index is 13.0. The first kappa shape index (κ1) is 18.8. The van der Waals surface area contributed by atoms with Gasteiger partial charge in [-0.2, -0.15) is 0 Å². The molecule has 0 saturated carbocycles. The van der Waals surface area contributed by atoms with E-state index < -0.39 is 0 Å². The predicted molar refractivity (Wildman–Crippen MR) is 117 cm³/mol. The van der Waals surface area contributed by atoms with E-state index >= 15 is 0 Å². The number of carbonyl (C=O) groups is 1. The lowest BCUT2D eigenvalue weighted by Crippen LogP contribution is -2.13. The minimum atomic E-state index is -0.273. The van der Waals surface area contributed by atoms with Crippen LogP contribution in [0.2, 0.25) is 15.1 Å². The molecule has 28 heavy (non-hydrogen) atoms. The van der Waals surface area contributed by atoms with Crippen molar-refractivity contribution in [1.82, 2.24) is 4.98 Å². The van der Waals surface area contributed by atoms with Gasteiger partial charge >= 0.3 is 0 Å². The van der Waals surface area contributed by atoms with E-state index in [2.05, 4.69) is 10.3 Å². The Balaban J connectivity index is 1.82. The zero-order valence-corrected chi connectivity index (χ0v) is 16.7. The van der Waals surface area contributed by atoms with Gasteiger partial charge < -0.3 is 5.32 Å². The van der Waals surface area contributed by atoms with Crippen molar-refractivity contribution in [2.45, 2.75) is 0 Å². The number of aromatic nitrogens is 1. The third-order valence-corrected chi connectivity index (χ3v) is 5.36. The number of para-hydroxylation sites is 1. The van der Waals surface area contributed by atoms with E-state index in [0.717, 1.165) is 10.9 Å². The Hall–Kier alpha value is -2.59. The number of anilines is 1. The first-order chi connectivity index (χ1) is 13.5. The molecule has 138 valence electrons. The van der Waals surface area contributed by atoms with E-state index in [1.807, 2.05) is 42.5 Å². The lowest BCUT2D eigenvalue weighted by Gasteiger charge is -2.12. The summed E-state index contributed by atoms with van der Waals surface area (Å²) in [6.07, 6.45) is 0. The van der Waals surface area contributed by atoms with E-state index in [1.165, 1.54) is 0 Å². The van der Waals surface area contributed by atoms with E-state index in [4.69, 9.17) is 34.8 Å². The minimum Gasteiger partial charge on any atom is -0.322 e. The van der Waals surface area contributed by atoms with Crippen molar-refractivity contribution >= 4 is 57.3 Å². The molecule has 1 heterocycles. The van der Waals surface area contributed by atoms with Gasteiger partial charge in [0.15, 0.2) is 0 Å². The highest BCUT2D eigenvalue weighted by molar-refractivity contribution is 6.42. The van der Waals surface area contributed by atoms with Crippen LogP contribution in [0.4, 0.5) is 5.69 Å². The van der Waals surface area contributed by atoms with Crippen molar-refractivity contribution in [3.8, 4) is 11.3 Å². The molecule has 1 amide bonds. The summed E-state index contributed by atoms with van der Waals surface area (Å²) < 4.78 is 0. The number of benzene rings is 3. The maximum Gasteiger partial charge on any atom is 0.256 e. The van der Waals surface area contributed by atoms with Gasteiger partial charge in [0, 0.05) is 21.7 Å². The zero-order chi connectivity index (χ0) is 19.7. The molecular weight excluding hydrogens is 415 g/mol. The highest BCUT2D eigenvalue weighted by Gasteiger charge is 2.15. The highest BCUT2D eigenvalue weighted by atomic mass is 35.5. The smallest absolute Gasteiger partial charge is 0.256 e. The van der Waals surface area contributed by atoms with Crippen LogP contribution in [0.3, 0.4) is 0 Å². The molecule has 6 heteroatoms. The van der Waals surface area contributed by atoms with Crippen LogP contribution in [0.15, 0.2) is 72.8 Å². The SMILES string of the molecule is O=C(Nc1ccc(Cl)c(Cl)c1)c1cc(-c2ccccc2Cl)nc2ccccc12. The summed E-state index contributed by atoms with van der Waals surface area (Å²) in [5.41, 5.74) is 3.15. The number of rotatable bonds is 3. The van der Waals surface area contributed by atoms with Gasteiger partial charge in [-0.1, -0.05) is 71.2 Å². The fourth-order valence-electron chi connectivity index (χ4n) is 2.94. The average Bonchev–Trinajstić information content (AvgIpc) is 2.70. The molecule has 0 unspecified atom stereocenters. The van der Waals surface area contributed by atoms with Gasteiger partial charge in [0.05, 0.1) is 26.8 Å². The van der Waals surface area contributed by atoms with E-state index in [-0.39, 0.29) is 5.91 Å². The van der Waals surface area contributed by atoms with Crippen LogP contribution in [-0.2, 0) is 0 Å². The first-order valence-corrected chi connectivity index (χ1v) is 9.57. The number of fused-ring (bicyclic) bond motifs is 1. The lowest BCUT2D eigenvalue weighted by molar-refractivity contribution is 0.102. The molecule has 0 spiro atoms. The number of hydrogen-bond acceptors (Lipinski definition) is 2. The highest BCUT2D eigenvalue weighted by Crippen LogP contribution is 2.30. The molecule has 1 aromatic heterocycles. The fraction of sp³-hybridized carbons (Fsp3) is 0. The Morgan fingerprint density at radius 2 is 1.54 bits per heavy atom. The molecule has 3 nitrogen and oxygen atoms in total. The molecule has 0 radical (unpaired) electrons. The minimum absolute atomic E-state index is 0.273. The second-order valence-corrected chi connectivity index (χ2v) is 7.36. The number of halogens is 3. The van der Waals surface area contributed by atoms with Crippen LogP contribution in [0.1, 0.15) is 10.4 Å². The quantitative estimate of drug-likeness (QED) is 0.378. The van der Waals surface area contributed by atoms with E-state index in [9.17, 15) is 4.79 Å². The third kappa shape index (κ3) is 3.69. The Bertz CT molecular complexity index is 1210. The summed E-state index contributed by atoms with van der Waals surface area (Å²) in [7, 11) is 0. The molecular formula is C22H13Cl3N2O. The second kappa shape index (κ2) is 7.80. The van der Waals surface area contributed by atoms with Crippen LogP contribution in [-0.4, -0.2) is 10.9 Å². The molecule has 0 bridgehead atoms. The molecule has 0 atom stereocenters. The number of hydrogen-bond donors (Lipinski definition) is 1. The standard InChI is InChI=1S/C22H13Cl3N2O/c23-17-7-3-1-6-15(17)21-12-16(14-5-2-4-8-20(14)27-21)22(28)26-13-9-10-18(24)19(25)11-13/h1-12H,(H,26,28). The van der Waals surface area contributed by atoms with Crippen molar-refractivity contribution in [3.05, 3.63) is 93.4 Å². The van der Waals surface area contributed by atoms with Crippen LogP contribution < -0.4 is 5.32 Å². The molecule has 4 rings (SSSR count). The van der Waals surface area contributed by atoms with Gasteiger partial charge in [0.25, 0.3) is 5.91 Å². The summed E-state index contributed by atoms with van der Waals surface area (Å²) in [5, 5.41) is 4.98. The van der Waals surface area contributed by atoms with Crippen molar-refractivity contribution in [3.63, 3.8) is 0 Å². The van der Waals surface area contributed by atoms with Gasteiger partial charge in [-0.15, -0.1) is 0 Å². The number of nitrogens with one attached hydrogen (secondary N) is 1. The van der Waals surface area contributed by atoms with E-state index in [0.29, 0.717) is 37.5 Å². The van der Waals surface area contributed by atoms with Gasteiger partial charge in [0.2, 0.25) is 0 Å². The predicted octanol–water partition coefficient (Wildman–Crippen LogP) is 7.11. The summed E-state index contributed by atoms with van der Waals surface area (Å²) in [5.74, 6) is -0.273. The van der Waals surface area contributed by atoms with Gasteiger partial charge in [-0.25, -0.2) is 4.98 Å². The number of nitrogens with zero attached hydrogens (tertiary/aromatic N) is 1.